The Morgan fingerprint density at radius 2 is 1.85 bits per heavy atom. The molecule has 0 radical (unpaired) electrons. The summed E-state index contributed by atoms with van der Waals surface area (Å²) in [6.07, 6.45) is 2.74. The van der Waals surface area contributed by atoms with Crippen molar-refractivity contribution in [2.45, 2.75) is 40.0 Å². The summed E-state index contributed by atoms with van der Waals surface area (Å²) in [5.74, 6) is 0.176. The minimum Gasteiger partial charge on any atom is -0.325 e. The highest BCUT2D eigenvalue weighted by Crippen LogP contribution is 2.35. The number of hydrogen-bond donors (Lipinski definition) is 2. The molecule has 1 amide bonds. The Morgan fingerprint density at radius 1 is 1.30 bits per heavy atom. The van der Waals surface area contributed by atoms with Gasteiger partial charge in [0.15, 0.2) is 0 Å². The number of carbonyl (C=O) groups is 1. The third kappa shape index (κ3) is 3.07. The van der Waals surface area contributed by atoms with E-state index in [-0.39, 0.29) is 11.3 Å². The van der Waals surface area contributed by atoms with E-state index in [4.69, 9.17) is 0 Å². The van der Waals surface area contributed by atoms with Crippen LogP contribution in [0.5, 0.6) is 0 Å². The molecule has 1 saturated heterocycles. The lowest BCUT2D eigenvalue weighted by atomic mass is 9.75. The average molecular weight is 339 g/mol. The maximum atomic E-state index is 12.8. The number of amides is 1. The molecule has 1 heterocycles. The number of anilines is 1. The minimum atomic E-state index is -0.211. The third-order valence-electron chi connectivity index (χ3n) is 4.46. The molecule has 1 fully saturated rings. The van der Waals surface area contributed by atoms with E-state index in [0.717, 1.165) is 53.6 Å². The van der Waals surface area contributed by atoms with E-state index >= 15 is 0 Å². The summed E-state index contributed by atoms with van der Waals surface area (Å²) in [4.78, 5) is 12.8. The third-order valence-corrected chi connectivity index (χ3v) is 4.91. The largest absolute Gasteiger partial charge is 0.325 e. The number of nitrogens with one attached hydrogen (secondary N) is 2. The molecule has 0 aliphatic carbocycles. The minimum absolute atomic E-state index is 0.176. The van der Waals surface area contributed by atoms with Crippen LogP contribution in [0.15, 0.2) is 16.6 Å². The fraction of sp³-hybridized carbons (Fsp3) is 0.562. The first-order chi connectivity index (χ1) is 9.48. The van der Waals surface area contributed by atoms with Gasteiger partial charge in [0.1, 0.15) is 0 Å². The van der Waals surface area contributed by atoms with Crippen molar-refractivity contribution in [1.82, 2.24) is 5.32 Å². The molecule has 110 valence electrons. The Kier molecular flexibility index (Phi) is 4.86. The molecule has 0 unspecified atom stereocenters. The van der Waals surface area contributed by atoms with Gasteiger partial charge in [0.25, 0.3) is 0 Å². The lowest BCUT2D eigenvalue weighted by molar-refractivity contribution is -0.127. The molecule has 1 aromatic carbocycles. The average Bonchev–Trinajstić information content (AvgIpc) is 2.43. The number of benzene rings is 1. The van der Waals surface area contributed by atoms with Crippen molar-refractivity contribution in [1.29, 1.82) is 0 Å². The second kappa shape index (κ2) is 6.27. The van der Waals surface area contributed by atoms with Crippen molar-refractivity contribution in [3.8, 4) is 0 Å². The SMILES string of the molecule is CCC1(C(=O)Nc2c(C)cc(Br)cc2C)CCNCC1. The van der Waals surface area contributed by atoms with Crippen LogP contribution in [0, 0.1) is 19.3 Å². The summed E-state index contributed by atoms with van der Waals surface area (Å²) in [7, 11) is 0. The van der Waals surface area contributed by atoms with E-state index in [1.165, 1.54) is 0 Å². The van der Waals surface area contributed by atoms with Gasteiger partial charge >= 0.3 is 0 Å². The number of aryl methyl sites for hydroxylation is 2. The predicted octanol–water partition coefficient (Wildman–Crippen LogP) is 3.78. The lowest BCUT2D eigenvalue weighted by Crippen LogP contribution is -2.44. The van der Waals surface area contributed by atoms with Gasteiger partial charge in [-0.2, -0.15) is 0 Å². The van der Waals surface area contributed by atoms with Gasteiger partial charge in [-0.1, -0.05) is 22.9 Å². The smallest absolute Gasteiger partial charge is 0.230 e. The number of carbonyl (C=O) groups excluding carboxylic acids is 1. The fourth-order valence-corrected chi connectivity index (χ4v) is 3.69. The van der Waals surface area contributed by atoms with Gasteiger partial charge in [-0.15, -0.1) is 0 Å². The zero-order chi connectivity index (χ0) is 14.8. The molecule has 0 saturated carbocycles. The van der Waals surface area contributed by atoms with Gasteiger partial charge in [-0.25, -0.2) is 0 Å². The van der Waals surface area contributed by atoms with E-state index in [2.05, 4.69) is 33.5 Å². The molecular formula is C16H23BrN2O. The Morgan fingerprint density at radius 3 is 2.35 bits per heavy atom. The topological polar surface area (TPSA) is 41.1 Å². The maximum absolute atomic E-state index is 12.8. The summed E-state index contributed by atoms with van der Waals surface area (Å²) < 4.78 is 1.05. The molecule has 1 aliphatic rings. The van der Waals surface area contributed by atoms with Crippen LogP contribution < -0.4 is 10.6 Å². The Labute approximate surface area is 129 Å². The fourth-order valence-electron chi connectivity index (χ4n) is 3.00. The highest BCUT2D eigenvalue weighted by molar-refractivity contribution is 9.10. The van der Waals surface area contributed by atoms with Gasteiger partial charge in [0.05, 0.1) is 5.41 Å². The van der Waals surface area contributed by atoms with Crippen molar-refractivity contribution < 1.29 is 4.79 Å². The van der Waals surface area contributed by atoms with Crippen LogP contribution in [0.1, 0.15) is 37.3 Å². The predicted molar refractivity (Wildman–Crippen MR) is 87.1 cm³/mol. The zero-order valence-electron chi connectivity index (χ0n) is 12.5. The molecule has 0 atom stereocenters. The van der Waals surface area contributed by atoms with Crippen molar-refractivity contribution in [3.05, 3.63) is 27.7 Å². The molecule has 0 spiro atoms. The van der Waals surface area contributed by atoms with E-state index in [1.54, 1.807) is 0 Å². The Balaban J connectivity index is 2.23. The summed E-state index contributed by atoms with van der Waals surface area (Å²) in [6.45, 7) is 8.05. The van der Waals surface area contributed by atoms with Crippen molar-refractivity contribution in [2.75, 3.05) is 18.4 Å². The Bertz CT molecular complexity index is 484. The van der Waals surface area contributed by atoms with Crippen LogP contribution in [0.4, 0.5) is 5.69 Å². The summed E-state index contributed by atoms with van der Waals surface area (Å²) in [5.41, 5.74) is 2.96. The van der Waals surface area contributed by atoms with E-state index in [1.807, 2.05) is 26.0 Å². The molecule has 0 aromatic heterocycles. The van der Waals surface area contributed by atoms with E-state index < -0.39 is 0 Å². The number of halogens is 1. The van der Waals surface area contributed by atoms with Crippen LogP contribution in [0.25, 0.3) is 0 Å². The summed E-state index contributed by atoms with van der Waals surface area (Å²) in [6, 6.07) is 4.09. The van der Waals surface area contributed by atoms with Gasteiger partial charge < -0.3 is 10.6 Å². The molecule has 2 N–H and O–H groups in total. The molecule has 20 heavy (non-hydrogen) atoms. The second-order valence-corrected chi connectivity index (χ2v) is 6.67. The molecule has 1 aliphatic heterocycles. The molecule has 2 rings (SSSR count). The van der Waals surface area contributed by atoms with Crippen molar-refractivity contribution in [3.63, 3.8) is 0 Å². The molecule has 4 heteroatoms. The second-order valence-electron chi connectivity index (χ2n) is 5.75. The molecule has 3 nitrogen and oxygen atoms in total. The first kappa shape index (κ1) is 15.5. The van der Waals surface area contributed by atoms with Crippen LogP contribution in [-0.4, -0.2) is 19.0 Å². The first-order valence-corrected chi connectivity index (χ1v) is 8.07. The standard InChI is InChI=1S/C16H23BrN2O/c1-4-16(5-7-18-8-6-16)15(20)19-14-11(2)9-13(17)10-12(14)3/h9-10,18H,4-8H2,1-3H3,(H,19,20). The van der Waals surface area contributed by atoms with Gasteiger partial charge in [-0.05, 0) is 69.5 Å². The van der Waals surface area contributed by atoms with E-state index in [0.29, 0.717) is 0 Å². The van der Waals surface area contributed by atoms with Crippen LogP contribution in [-0.2, 0) is 4.79 Å². The summed E-state index contributed by atoms with van der Waals surface area (Å²) in [5, 5.41) is 6.52. The monoisotopic (exact) mass is 338 g/mol. The normalized spacial score (nSPS) is 17.8. The highest BCUT2D eigenvalue weighted by atomic mass is 79.9. The zero-order valence-corrected chi connectivity index (χ0v) is 14.1. The molecule has 1 aromatic rings. The Hall–Kier alpha value is -0.870. The molecular weight excluding hydrogens is 316 g/mol. The summed E-state index contributed by atoms with van der Waals surface area (Å²) >= 11 is 3.49. The number of piperidine rings is 1. The van der Waals surface area contributed by atoms with E-state index in [9.17, 15) is 4.79 Å². The van der Waals surface area contributed by atoms with Crippen molar-refractivity contribution >= 4 is 27.5 Å². The first-order valence-electron chi connectivity index (χ1n) is 7.27. The van der Waals surface area contributed by atoms with Gasteiger partial charge in [0, 0.05) is 10.2 Å². The number of rotatable bonds is 3. The van der Waals surface area contributed by atoms with Crippen LogP contribution in [0.3, 0.4) is 0 Å². The van der Waals surface area contributed by atoms with Crippen LogP contribution in [0.2, 0.25) is 0 Å². The van der Waals surface area contributed by atoms with Crippen LogP contribution >= 0.6 is 15.9 Å². The van der Waals surface area contributed by atoms with Gasteiger partial charge in [0.2, 0.25) is 5.91 Å². The van der Waals surface area contributed by atoms with Crippen molar-refractivity contribution in [2.24, 2.45) is 5.41 Å². The highest BCUT2D eigenvalue weighted by Gasteiger charge is 2.37. The quantitative estimate of drug-likeness (QED) is 0.880. The molecule has 0 bridgehead atoms. The lowest BCUT2D eigenvalue weighted by Gasteiger charge is -2.35. The number of hydrogen-bond acceptors (Lipinski definition) is 2. The maximum Gasteiger partial charge on any atom is 0.230 e. The van der Waals surface area contributed by atoms with Gasteiger partial charge in [-0.3, -0.25) is 4.79 Å².